The van der Waals surface area contributed by atoms with Crippen molar-refractivity contribution >= 4 is 22.6 Å². The minimum absolute atomic E-state index is 0.0332. The molecule has 0 aliphatic rings. The highest BCUT2D eigenvalue weighted by Crippen LogP contribution is 2.15. The molecule has 2 heterocycles. The van der Waals surface area contributed by atoms with E-state index in [2.05, 4.69) is 15.5 Å². The highest BCUT2D eigenvalue weighted by Gasteiger charge is 2.17. The maximum Gasteiger partial charge on any atom is 0.297 e. The highest BCUT2D eigenvalue weighted by atomic mass is 16.2. The Morgan fingerprint density at radius 3 is 2.58 bits per heavy atom. The number of hydrogen-bond donors (Lipinski definition) is 1. The predicted octanol–water partition coefficient (Wildman–Crippen LogP) is 1.52. The van der Waals surface area contributed by atoms with Crippen molar-refractivity contribution in [2.75, 3.05) is 0 Å². The Balaban J connectivity index is 2.18. The Labute approximate surface area is 139 Å². The van der Waals surface area contributed by atoms with E-state index < -0.39 is 0 Å². The number of benzene rings is 1. The van der Waals surface area contributed by atoms with Gasteiger partial charge in [-0.3, -0.25) is 18.6 Å². The van der Waals surface area contributed by atoms with Crippen LogP contribution in [0.25, 0.3) is 16.7 Å². The molecule has 2 aromatic heterocycles. The summed E-state index contributed by atoms with van der Waals surface area (Å²) in [4.78, 5) is 25.1. The second-order valence-electron chi connectivity index (χ2n) is 5.89. The van der Waals surface area contributed by atoms with Gasteiger partial charge in [0.05, 0.1) is 11.0 Å². The number of amides is 1. The van der Waals surface area contributed by atoms with E-state index in [1.807, 2.05) is 45.0 Å². The smallest absolute Gasteiger partial charge is 0.297 e. The van der Waals surface area contributed by atoms with E-state index in [-0.39, 0.29) is 29.7 Å². The van der Waals surface area contributed by atoms with Crippen molar-refractivity contribution in [3.8, 4) is 0 Å². The average molecular weight is 327 g/mol. The van der Waals surface area contributed by atoms with Gasteiger partial charge in [-0.15, -0.1) is 10.2 Å². The summed E-state index contributed by atoms with van der Waals surface area (Å²) in [6.07, 6.45) is 1.51. The summed E-state index contributed by atoms with van der Waals surface area (Å²) in [6.45, 7) is 5.87. The van der Waals surface area contributed by atoms with Gasteiger partial charge in [0.2, 0.25) is 11.6 Å². The number of carbonyl (C=O) groups excluding carboxylic acids is 1. The molecule has 1 aromatic carbocycles. The highest BCUT2D eigenvalue weighted by molar-refractivity contribution is 5.82. The van der Waals surface area contributed by atoms with Crippen LogP contribution in [0.2, 0.25) is 0 Å². The van der Waals surface area contributed by atoms with Gasteiger partial charge in [0.1, 0.15) is 12.4 Å². The number of hydrogen-bond acceptors (Lipinski definition) is 4. The van der Waals surface area contributed by atoms with Crippen LogP contribution in [0.1, 0.15) is 33.0 Å². The molecule has 0 saturated carbocycles. The van der Waals surface area contributed by atoms with Crippen LogP contribution in [-0.4, -0.2) is 31.1 Å². The molecule has 7 nitrogen and oxygen atoms in total. The zero-order valence-corrected chi connectivity index (χ0v) is 14.1. The van der Waals surface area contributed by atoms with Crippen LogP contribution in [0.3, 0.4) is 0 Å². The number of nitrogens with zero attached hydrogens (tertiary/aromatic N) is 4. The zero-order valence-electron chi connectivity index (χ0n) is 14.1. The molecule has 0 fully saturated rings. The van der Waals surface area contributed by atoms with E-state index in [1.165, 1.54) is 4.57 Å². The van der Waals surface area contributed by atoms with Gasteiger partial charge >= 0.3 is 0 Å². The minimum atomic E-state index is -0.305. The van der Waals surface area contributed by atoms with Crippen LogP contribution in [0, 0.1) is 0 Å². The number of nitrogens with one attached hydrogen (secondary N) is 1. The SMILES string of the molecule is CCc1nnc2c(=O)n(CC(=O)N[C@H](C)CC)c3ccccc3n12. The van der Waals surface area contributed by atoms with Gasteiger partial charge < -0.3 is 5.32 Å². The first-order chi connectivity index (χ1) is 11.6. The van der Waals surface area contributed by atoms with Crippen molar-refractivity contribution in [3.05, 3.63) is 40.4 Å². The summed E-state index contributed by atoms with van der Waals surface area (Å²) in [7, 11) is 0. The first-order valence-electron chi connectivity index (χ1n) is 8.21. The van der Waals surface area contributed by atoms with Gasteiger partial charge in [0, 0.05) is 12.5 Å². The van der Waals surface area contributed by atoms with E-state index in [0.717, 1.165) is 17.8 Å². The maximum atomic E-state index is 12.8. The lowest BCUT2D eigenvalue weighted by Gasteiger charge is -2.15. The van der Waals surface area contributed by atoms with Crippen LogP contribution in [0.5, 0.6) is 0 Å². The van der Waals surface area contributed by atoms with Crippen LogP contribution in [0.4, 0.5) is 0 Å². The zero-order chi connectivity index (χ0) is 17.3. The van der Waals surface area contributed by atoms with Gasteiger partial charge in [-0.2, -0.15) is 0 Å². The summed E-state index contributed by atoms with van der Waals surface area (Å²) in [5.74, 6) is 0.547. The van der Waals surface area contributed by atoms with Crippen molar-refractivity contribution in [2.24, 2.45) is 0 Å². The number of rotatable bonds is 5. The van der Waals surface area contributed by atoms with Gasteiger partial charge in [0.15, 0.2) is 0 Å². The summed E-state index contributed by atoms with van der Waals surface area (Å²) in [6, 6.07) is 7.57. The fraction of sp³-hybridized carbons (Fsp3) is 0.412. The molecule has 0 unspecified atom stereocenters. The minimum Gasteiger partial charge on any atom is -0.352 e. The Hall–Kier alpha value is -2.70. The summed E-state index contributed by atoms with van der Waals surface area (Å²) in [5.41, 5.74) is 1.47. The number of para-hydroxylation sites is 2. The molecule has 24 heavy (non-hydrogen) atoms. The van der Waals surface area contributed by atoms with Gasteiger partial charge in [-0.1, -0.05) is 26.0 Å². The lowest BCUT2D eigenvalue weighted by molar-refractivity contribution is -0.122. The molecular weight excluding hydrogens is 306 g/mol. The Morgan fingerprint density at radius 2 is 1.92 bits per heavy atom. The summed E-state index contributed by atoms with van der Waals surface area (Å²) >= 11 is 0. The van der Waals surface area contributed by atoms with E-state index in [1.54, 1.807) is 4.40 Å². The van der Waals surface area contributed by atoms with Crippen LogP contribution < -0.4 is 10.9 Å². The molecule has 3 rings (SSSR count). The lowest BCUT2D eigenvalue weighted by atomic mass is 10.2. The molecule has 1 N–H and O–H groups in total. The molecule has 1 atom stereocenters. The van der Waals surface area contributed by atoms with Crippen LogP contribution in [-0.2, 0) is 17.8 Å². The van der Waals surface area contributed by atoms with Crippen LogP contribution in [0.15, 0.2) is 29.1 Å². The second-order valence-corrected chi connectivity index (χ2v) is 5.89. The standard InChI is InChI=1S/C17H21N5O2/c1-4-11(3)18-15(23)10-21-12-8-6-7-9-13(12)22-14(5-2)19-20-16(22)17(21)24/h6-9,11H,4-5,10H2,1-3H3,(H,18,23)/t11-/m1/s1. The van der Waals surface area contributed by atoms with Gasteiger partial charge in [-0.05, 0) is 25.5 Å². The Morgan fingerprint density at radius 1 is 1.21 bits per heavy atom. The molecule has 126 valence electrons. The number of aryl methyl sites for hydroxylation is 1. The third-order valence-electron chi connectivity index (χ3n) is 4.22. The maximum absolute atomic E-state index is 12.8. The molecule has 0 aliphatic heterocycles. The average Bonchev–Trinajstić information content (AvgIpc) is 3.02. The number of fused-ring (bicyclic) bond motifs is 3. The van der Waals surface area contributed by atoms with Crippen LogP contribution >= 0.6 is 0 Å². The van der Waals surface area contributed by atoms with Crippen molar-refractivity contribution in [1.82, 2.24) is 24.5 Å². The molecule has 0 bridgehead atoms. The third-order valence-corrected chi connectivity index (χ3v) is 4.22. The van der Waals surface area contributed by atoms with Gasteiger partial charge in [-0.25, -0.2) is 0 Å². The van der Waals surface area contributed by atoms with Crippen molar-refractivity contribution in [1.29, 1.82) is 0 Å². The molecular formula is C17H21N5O2. The normalized spacial score (nSPS) is 12.6. The Bertz CT molecular complexity index is 957. The topological polar surface area (TPSA) is 81.3 Å². The fourth-order valence-corrected chi connectivity index (χ4v) is 2.77. The fourth-order valence-electron chi connectivity index (χ4n) is 2.77. The molecule has 0 radical (unpaired) electrons. The largest absolute Gasteiger partial charge is 0.352 e. The van der Waals surface area contributed by atoms with E-state index >= 15 is 0 Å². The molecule has 0 aliphatic carbocycles. The predicted molar refractivity (Wildman–Crippen MR) is 92.0 cm³/mol. The monoisotopic (exact) mass is 327 g/mol. The molecule has 3 aromatic rings. The van der Waals surface area contributed by atoms with E-state index in [4.69, 9.17) is 0 Å². The first kappa shape index (κ1) is 16.2. The van der Waals surface area contributed by atoms with Crippen molar-refractivity contribution < 1.29 is 4.79 Å². The number of aromatic nitrogens is 4. The second kappa shape index (κ2) is 6.43. The summed E-state index contributed by atoms with van der Waals surface area (Å²) < 4.78 is 3.25. The van der Waals surface area contributed by atoms with Crippen molar-refractivity contribution in [3.63, 3.8) is 0 Å². The van der Waals surface area contributed by atoms with Crippen molar-refractivity contribution in [2.45, 2.75) is 46.2 Å². The molecule has 7 heteroatoms. The van der Waals surface area contributed by atoms with E-state index in [9.17, 15) is 9.59 Å². The first-order valence-corrected chi connectivity index (χ1v) is 8.21. The summed E-state index contributed by atoms with van der Waals surface area (Å²) in [5, 5.41) is 11.0. The molecule has 1 amide bonds. The number of carbonyl (C=O) groups is 1. The Kier molecular flexibility index (Phi) is 4.33. The van der Waals surface area contributed by atoms with E-state index in [0.29, 0.717) is 11.9 Å². The quantitative estimate of drug-likeness (QED) is 0.770. The molecule has 0 spiro atoms. The third kappa shape index (κ3) is 2.66. The molecule has 0 saturated heterocycles. The van der Waals surface area contributed by atoms with Gasteiger partial charge in [0.25, 0.3) is 5.56 Å². The lowest BCUT2D eigenvalue weighted by Crippen LogP contribution is -2.37.